The maximum Gasteiger partial charge on any atom is 0.246 e. The summed E-state index contributed by atoms with van der Waals surface area (Å²) in [5, 5.41) is 6.94. The number of nitrogens with zero attached hydrogens (tertiary/aromatic N) is 2. The van der Waals surface area contributed by atoms with Gasteiger partial charge in [-0.2, -0.15) is 0 Å². The lowest BCUT2D eigenvalue weighted by Gasteiger charge is -2.35. The van der Waals surface area contributed by atoms with Crippen LogP contribution in [0.25, 0.3) is 0 Å². The average molecular weight is 576 g/mol. The normalized spacial score (nSPS) is 32.5. The van der Waals surface area contributed by atoms with Crippen LogP contribution in [-0.4, -0.2) is 77.5 Å². The van der Waals surface area contributed by atoms with Gasteiger partial charge in [-0.3, -0.25) is 14.4 Å². The largest absolute Gasteiger partial charge is 0.359 e. The lowest BCUT2D eigenvalue weighted by atomic mass is 9.74. The van der Waals surface area contributed by atoms with E-state index in [2.05, 4.69) is 15.5 Å². The van der Waals surface area contributed by atoms with Crippen LogP contribution < -0.4 is 10.6 Å². The Hall–Kier alpha value is -2.13. The molecule has 210 valence electrons. The van der Waals surface area contributed by atoms with Crippen LogP contribution in [-0.2, 0) is 19.1 Å². The molecule has 1 saturated carbocycles. The Kier molecular flexibility index (Phi) is 7.66. The van der Waals surface area contributed by atoms with E-state index in [1.807, 2.05) is 12.2 Å². The number of nitrogens with one attached hydrogen (secondary N) is 2. The fourth-order valence-corrected chi connectivity index (χ4v) is 7.84. The van der Waals surface area contributed by atoms with E-state index >= 15 is 0 Å². The van der Waals surface area contributed by atoms with Crippen molar-refractivity contribution in [2.45, 2.75) is 75.2 Å². The minimum absolute atomic E-state index is 0.106. The molecule has 4 fully saturated rings. The fraction of sp³-hybridized carbons (Fsp3) is 0.621. The molecular formula is C29H36Cl2N4O4. The molecule has 1 aromatic carbocycles. The second-order valence-electron chi connectivity index (χ2n) is 11.6. The van der Waals surface area contributed by atoms with Gasteiger partial charge in [0.05, 0.1) is 17.9 Å². The van der Waals surface area contributed by atoms with E-state index in [1.165, 1.54) is 12.8 Å². The number of fused-ring (bicyclic) bond motifs is 1. The second kappa shape index (κ2) is 11.0. The Labute approximate surface area is 239 Å². The number of benzene rings is 1. The maximum absolute atomic E-state index is 14.1. The van der Waals surface area contributed by atoms with Crippen molar-refractivity contribution in [3.63, 3.8) is 0 Å². The summed E-state index contributed by atoms with van der Waals surface area (Å²) in [6.45, 7) is 3.13. The number of anilines is 1. The predicted octanol–water partition coefficient (Wildman–Crippen LogP) is 4.02. The monoisotopic (exact) mass is 574 g/mol. The number of ether oxygens (including phenoxy) is 1. The smallest absolute Gasteiger partial charge is 0.246 e. The zero-order valence-corrected chi connectivity index (χ0v) is 23.6. The second-order valence-corrected chi connectivity index (χ2v) is 12.5. The maximum atomic E-state index is 14.1. The minimum Gasteiger partial charge on any atom is -0.359 e. The Morgan fingerprint density at radius 3 is 2.36 bits per heavy atom. The van der Waals surface area contributed by atoms with Crippen molar-refractivity contribution < 1.29 is 19.1 Å². The molecule has 1 aromatic rings. The van der Waals surface area contributed by atoms with Gasteiger partial charge < -0.3 is 25.2 Å². The average Bonchev–Trinajstić information content (AvgIpc) is 3.55. The molecule has 2 N–H and O–H groups in total. The highest BCUT2D eigenvalue weighted by Crippen LogP contribution is 2.55. The Morgan fingerprint density at radius 1 is 0.949 bits per heavy atom. The first-order valence-corrected chi connectivity index (χ1v) is 15.1. The van der Waals surface area contributed by atoms with E-state index < -0.39 is 29.6 Å². The topological polar surface area (TPSA) is 91.0 Å². The van der Waals surface area contributed by atoms with E-state index in [0.717, 1.165) is 51.6 Å². The molecule has 2 bridgehead atoms. The van der Waals surface area contributed by atoms with Gasteiger partial charge >= 0.3 is 0 Å². The van der Waals surface area contributed by atoms with Gasteiger partial charge in [0.1, 0.15) is 11.6 Å². The molecule has 3 saturated heterocycles. The van der Waals surface area contributed by atoms with E-state index in [-0.39, 0.29) is 23.8 Å². The van der Waals surface area contributed by atoms with Gasteiger partial charge in [0.25, 0.3) is 0 Å². The number of piperidine rings is 1. The Balaban J connectivity index is 1.27. The van der Waals surface area contributed by atoms with Crippen molar-refractivity contribution >= 4 is 46.6 Å². The van der Waals surface area contributed by atoms with Crippen molar-refractivity contribution in [3.05, 3.63) is 40.4 Å². The van der Waals surface area contributed by atoms with Crippen LogP contribution in [0.3, 0.4) is 0 Å². The number of carbonyl (C=O) groups excluding carboxylic acids is 3. The molecule has 1 spiro atoms. The van der Waals surface area contributed by atoms with Crippen LogP contribution in [0.15, 0.2) is 30.4 Å². The Morgan fingerprint density at radius 2 is 1.64 bits per heavy atom. The number of carbonyl (C=O) groups is 3. The molecule has 6 rings (SSSR count). The van der Waals surface area contributed by atoms with Crippen molar-refractivity contribution in [3.8, 4) is 0 Å². The quantitative estimate of drug-likeness (QED) is 0.480. The Bertz CT molecular complexity index is 1150. The van der Waals surface area contributed by atoms with Gasteiger partial charge in [-0.05, 0) is 57.0 Å². The third-order valence-electron chi connectivity index (χ3n) is 9.11. The van der Waals surface area contributed by atoms with Crippen LogP contribution in [0.4, 0.5) is 5.69 Å². The highest BCUT2D eigenvalue weighted by atomic mass is 35.5. The van der Waals surface area contributed by atoms with Gasteiger partial charge in [-0.25, -0.2) is 0 Å². The summed E-state index contributed by atoms with van der Waals surface area (Å²) in [7, 11) is 0. The molecule has 0 aromatic heterocycles. The van der Waals surface area contributed by atoms with Gasteiger partial charge in [-0.15, -0.1) is 0 Å². The van der Waals surface area contributed by atoms with Gasteiger partial charge in [0.15, 0.2) is 0 Å². The van der Waals surface area contributed by atoms with Crippen molar-refractivity contribution in [1.82, 2.24) is 15.1 Å². The summed E-state index contributed by atoms with van der Waals surface area (Å²) in [6.07, 6.45) is 11.9. The number of rotatable bonds is 7. The fourth-order valence-electron chi connectivity index (χ4n) is 7.32. The summed E-state index contributed by atoms with van der Waals surface area (Å²) in [4.78, 5) is 45.7. The lowest BCUT2D eigenvalue weighted by Crippen LogP contribution is -2.57. The molecule has 10 heteroatoms. The molecule has 3 amide bonds. The predicted molar refractivity (Wildman–Crippen MR) is 150 cm³/mol. The van der Waals surface area contributed by atoms with Crippen LogP contribution in [0.2, 0.25) is 10.0 Å². The molecular weight excluding hydrogens is 539 g/mol. The molecule has 0 radical (unpaired) electrons. The molecule has 8 nitrogen and oxygen atoms in total. The lowest BCUT2D eigenvalue weighted by molar-refractivity contribution is -0.141. The molecule has 4 heterocycles. The minimum atomic E-state index is -1.16. The zero-order valence-electron chi connectivity index (χ0n) is 22.0. The SMILES string of the molecule is O=C(Nc1cc(Cl)cc(Cl)c1)[C@@H]1[C@@H]2C=C[C@]3(O2)[C@@H]1C(=O)N(CCN1CCCCC1)[C@H]3C(=O)NC1CCCCC1. The highest BCUT2D eigenvalue weighted by molar-refractivity contribution is 6.35. The molecule has 4 aliphatic heterocycles. The van der Waals surface area contributed by atoms with E-state index in [1.54, 1.807) is 23.1 Å². The molecule has 5 aliphatic rings. The van der Waals surface area contributed by atoms with Crippen LogP contribution >= 0.6 is 23.2 Å². The summed E-state index contributed by atoms with van der Waals surface area (Å²) < 4.78 is 6.46. The summed E-state index contributed by atoms with van der Waals surface area (Å²) >= 11 is 12.3. The van der Waals surface area contributed by atoms with Crippen LogP contribution in [0, 0.1) is 11.8 Å². The third-order valence-corrected chi connectivity index (χ3v) is 9.55. The van der Waals surface area contributed by atoms with E-state index in [9.17, 15) is 14.4 Å². The number of amides is 3. The molecule has 0 unspecified atom stereocenters. The highest BCUT2D eigenvalue weighted by Gasteiger charge is 2.72. The van der Waals surface area contributed by atoms with Gasteiger partial charge in [0, 0.05) is 34.9 Å². The summed E-state index contributed by atoms with van der Waals surface area (Å²) in [6, 6.07) is 4.13. The number of hydrogen-bond acceptors (Lipinski definition) is 5. The van der Waals surface area contributed by atoms with Gasteiger partial charge in [0.2, 0.25) is 17.7 Å². The van der Waals surface area contributed by atoms with Crippen molar-refractivity contribution in [2.24, 2.45) is 11.8 Å². The molecule has 5 atom stereocenters. The number of halogens is 2. The van der Waals surface area contributed by atoms with Crippen molar-refractivity contribution in [2.75, 3.05) is 31.5 Å². The molecule has 1 aliphatic carbocycles. The zero-order chi connectivity index (χ0) is 27.1. The van der Waals surface area contributed by atoms with E-state index in [0.29, 0.717) is 28.8 Å². The van der Waals surface area contributed by atoms with Crippen LogP contribution in [0.5, 0.6) is 0 Å². The first-order valence-electron chi connectivity index (χ1n) is 14.3. The summed E-state index contributed by atoms with van der Waals surface area (Å²) in [5.41, 5.74) is -0.701. The first kappa shape index (κ1) is 27.1. The number of hydrogen-bond donors (Lipinski definition) is 2. The first-order chi connectivity index (χ1) is 18.9. The van der Waals surface area contributed by atoms with Crippen molar-refractivity contribution in [1.29, 1.82) is 0 Å². The standard InChI is InChI=1S/C29H36Cl2N4O4/c30-18-15-19(31)17-21(16-18)33-26(36)23-22-9-10-29(39-22)24(23)28(38)35(14-13-34-11-5-2-6-12-34)25(29)27(37)32-20-7-3-1-4-8-20/h9-10,15-17,20,22-25H,1-8,11-14H2,(H,32,37)(H,33,36)/t22-,23+,24-,25-,29-/m0/s1. The number of likely N-dealkylation sites (tertiary alicyclic amines) is 2. The molecule has 39 heavy (non-hydrogen) atoms. The third kappa shape index (κ3) is 5.09. The van der Waals surface area contributed by atoms with Crippen LogP contribution in [0.1, 0.15) is 51.4 Å². The summed E-state index contributed by atoms with van der Waals surface area (Å²) in [5.74, 6) is -2.24. The van der Waals surface area contributed by atoms with Gasteiger partial charge in [-0.1, -0.05) is 61.0 Å². The van der Waals surface area contributed by atoms with E-state index in [4.69, 9.17) is 27.9 Å².